The summed E-state index contributed by atoms with van der Waals surface area (Å²) in [6.45, 7) is 7.83. The van der Waals surface area contributed by atoms with Crippen LogP contribution in [0.25, 0.3) is 22.2 Å². The van der Waals surface area contributed by atoms with E-state index in [1.54, 1.807) is 24.3 Å². The van der Waals surface area contributed by atoms with Crippen molar-refractivity contribution in [2.45, 2.75) is 20.4 Å². The lowest BCUT2D eigenvalue weighted by molar-refractivity contribution is 0.0474. The summed E-state index contributed by atoms with van der Waals surface area (Å²) in [7, 11) is 0. The summed E-state index contributed by atoms with van der Waals surface area (Å²) in [5.41, 5.74) is 4.17. The largest absolute Gasteiger partial charge is 0.454 e. The molecule has 0 atom stereocenters. The van der Waals surface area contributed by atoms with Gasteiger partial charge in [0.25, 0.3) is 0 Å². The van der Waals surface area contributed by atoms with Gasteiger partial charge in [-0.15, -0.1) is 6.58 Å². The number of hydrogen-bond acceptors (Lipinski definition) is 5. The molecule has 0 aliphatic heterocycles. The molecule has 0 N–H and O–H groups in total. The second kappa shape index (κ2) is 8.44. The molecule has 0 unspecified atom stereocenters. The van der Waals surface area contributed by atoms with Crippen molar-refractivity contribution in [1.82, 2.24) is 9.72 Å². The van der Waals surface area contributed by atoms with Gasteiger partial charge in [0, 0.05) is 29.1 Å². The van der Waals surface area contributed by atoms with E-state index in [4.69, 9.17) is 9.26 Å². The van der Waals surface area contributed by atoms with Crippen LogP contribution in [-0.2, 0) is 11.3 Å². The van der Waals surface area contributed by atoms with Gasteiger partial charge in [-0.3, -0.25) is 4.79 Å². The number of ketones is 1. The summed E-state index contributed by atoms with van der Waals surface area (Å²) < 4.78 is 12.8. The molecule has 0 fully saturated rings. The minimum atomic E-state index is -0.574. The van der Waals surface area contributed by atoms with Crippen molar-refractivity contribution in [2.75, 3.05) is 6.61 Å². The minimum Gasteiger partial charge on any atom is -0.454 e. The third kappa shape index (κ3) is 3.92. The Morgan fingerprint density at radius 2 is 1.90 bits per heavy atom. The van der Waals surface area contributed by atoms with E-state index in [1.807, 2.05) is 54.8 Å². The van der Waals surface area contributed by atoms with Crippen LogP contribution in [0, 0.1) is 13.8 Å². The highest BCUT2D eigenvalue weighted by molar-refractivity contribution is 6.02. The van der Waals surface area contributed by atoms with Crippen molar-refractivity contribution in [2.24, 2.45) is 0 Å². The number of carbonyl (C=O) groups is 2. The fourth-order valence-electron chi connectivity index (χ4n) is 3.65. The first-order valence-corrected chi connectivity index (χ1v) is 9.92. The minimum absolute atomic E-state index is 0.243. The van der Waals surface area contributed by atoms with E-state index in [-0.39, 0.29) is 12.4 Å². The van der Waals surface area contributed by atoms with Gasteiger partial charge in [-0.2, -0.15) is 0 Å². The van der Waals surface area contributed by atoms with Crippen LogP contribution in [0.3, 0.4) is 0 Å². The second-order valence-corrected chi connectivity index (χ2v) is 7.29. The van der Waals surface area contributed by atoms with Crippen LogP contribution in [0.1, 0.15) is 32.1 Å². The molecule has 4 aromatic rings. The summed E-state index contributed by atoms with van der Waals surface area (Å²) in [4.78, 5) is 25.2. The van der Waals surface area contributed by atoms with Crippen LogP contribution in [0.4, 0.5) is 0 Å². The van der Waals surface area contributed by atoms with Crippen LogP contribution in [0.15, 0.2) is 71.8 Å². The normalized spacial score (nSPS) is 10.9. The van der Waals surface area contributed by atoms with Crippen LogP contribution < -0.4 is 0 Å². The van der Waals surface area contributed by atoms with Crippen LogP contribution in [0.2, 0.25) is 0 Å². The third-order valence-corrected chi connectivity index (χ3v) is 5.27. The summed E-state index contributed by atoms with van der Waals surface area (Å²) in [6.07, 6.45) is 1.78. The molecule has 31 heavy (non-hydrogen) atoms. The quantitative estimate of drug-likeness (QED) is 0.238. The molecule has 0 aliphatic rings. The summed E-state index contributed by atoms with van der Waals surface area (Å²) >= 11 is 0. The van der Waals surface area contributed by atoms with Gasteiger partial charge in [0.1, 0.15) is 5.52 Å². The Kier molecular flexibility index (Phi) is 5.54. The molecule has 0 saturated carbocycles. The zero-order chi connectivity index (χ0) is 22.0. The molecule has 4 rings (SSSR count). The van der Waals surface area contributed by atoms with E-state index in [9.17, 15) is 9.59 Å². The van der Waals surface area contributed by atoms with Crippen molar-refractivity contribution >= 4 is 22.7 Å². The van der Waals surface area contributed by atoms with Gasteiger partial charge in [0.2, 0.25) is 5.78 Å². The zero-order valence-electron chi connectivity index (χ0n) is 17.4. The highest BCUT2D eigenvalue weighted by Gasteiger charge is 2.19. The van der Waals surface area contributed by atoms with E-state index in [2.05, 4.69) is 11.7 Å². The standard InChI is InChI=1S/C25H22N2O4/c1-4-12-27-16(2)13-20(17(27)3)23(28)15-30-25(29)19-10-11-22-21(14-19)24(31-26-22)18-8-6-5-7-9-18/h4-11,13-14H,1,12,15H2,2-3H3. The summed E-state index contributed by atoms with van der Waals surface area (Å²) in [5, 5.41) is 4.76. The van der Waals surface area contributed by atoms with Crippen molar-refractivity contribution < 1.29 is 18.8 Å². The fourth-order valence-corrected chi connectivity index (χ4v) is 3.65. The van der Waals surface area contributed by atoms with Gasteiger partial charge in [-0.1, -0.05) is 41.6 Å². The number of carbonyl (C=O) groups excluding carboxylic acids is 2. The van der Waals surface area contributed by atoms with Gasteiger partial charge in [-0.05, 0) is 38.1 Å². The Morgan fingerprint density at radius 1 is 1.13 bits per heavy atom. The number of fused-ring (bicyclic) bond motifs is 1. The maximum Gasteiger partial charge on any atom is 0.338 e. The molecular formula is C25H22N2O4. The number of aryl methyl sites for hydroxylation is 1. The van der Waals surface area contributed by atoms with Crippen molar-refractivity contribution in [3.05, 3.63) is 89.8 Å². The summed E-state index contributed by atoms with van der Waals surface area (Å²) in [5.74, 6) is -0.237. The molecule has 0 radical (unpaired) electrons. The maximum atomic E-state index is 12.6. The van der Waals surface area contributed by atoms with E-state index in [1.165, 1.54) is 0 Å². The van der Waals surface area contributed by atoms with E-state index in [0.29, 0.717) is 34.3 Å². The third-order valence-electron chi connectivity index (χ3n) is 5.27. The van der Waals surface area contributed by atoms with Crippen molar-refractivity contribution in [3.8, 4) is 11.3 Å². The number of hydrogen-bond donors (Lipinski definition) is 0. The molecule has 6 nitrogen and oxygen atoms in total. The van der Waals surface area contributed by atoms with E-state index >= 15 is 0 Å². The molecule has 0 bridgehead atoms. The number of nitrogens with zero attached hydrogens (tertiary/aromatic N) is 2. The first kappa shape index (κ1) is 20.3. The van der Waals surface area contributed by atoms with Crippen LogP contribution >= 0.6 is 0 Å². The van der Waals surface area contributed by atoms with E-state index < -0.39 is 5.97 Å². The van der Waals surface area contributed by atoms with Gasteiger partial charge in [0.05, 0.1) is 10.9 Å². The van der Waals surface area contributed by atoms with E-state index in [0.717, 1.165) is 17.0 Å². The fraction of sp³-hybridized carbons (Fsp3) is 0.160. The second-order valence-electron chi connectivity index (χ2n) is 7.29. The Balaban J connectivity index is 1.52. The van der Waals surface area contributed by atoms with Gasteiger partial charge in [-0.25, -0.2) is 4.79 Å². The number of aromatic nitrogens is 2. The topological polar surface area (TPSA) is 74.3 Å². The lowest BCUT2D eigenvalue weighted by Crippen LogP contribution is -2.15. The zero-order valence-corrected chi connectivity index (χ0v) is 17.4. The van der Waals surface area contributed by atoms with Crippen molar-refractivity contribution in [3.63, 3.8) is 0 Å². The lowest BCUT2D eigenvalue weighted by Gasteiger charge is -2.07. The Labute approximate surface area is 179 Å². The number of esters is 1. The molecule has 0 spiro atoms. The predicted molar refractivity (Wildman–Crippen MR) is 118 cm³/mol. The molecule has 2 aromatic carbocycles. The Bertz CT molecular complexity index is 1280. The molecule has 0 amide bonds. The van der Waals surface area contributed by atoms with Gasteiger partial charge >= 0.3 is 5.97 Å². The highest BCUT2D eigenvalue weighted by Crippen LogP contribution is 2.29. The smallest absolute Gasteiger partial charge is 0.338 e. The molecule has 156 valence electrons. The maximum absolute atomic E-state index is 12.6. The SMILES string of the molecule is C=CCn1c(C)cc(C(=O)COC(=O)c2ccc3noc(-c4ccccc4)c3c2)c1C. The highest BCUT2D eigenvalue weighted by atomic mass is 16.5. The number of benzene rings is 2. The monoisotopic (exact) mass is 414 g/mol. The summed E-state index contributed by atoms with van der Waals surface area (Å²) in [6, 6.07) is 16.3. The lowest BCUT2D eigenvalue weighted by atomic mass is 10.1. The molecular weight excluding hydrogens is 392 g/mol. The van der Waals surface area contributed by atoms with Gasteiger partial charge in [0.15, 0.2) is 12.4 Å². The van der Waals surface area contributed by atoms with Gasteiger partial charge < -0.3 is 13.8 Å². The average Bonchev–Trinajstić information content (AvgIpc) is 3.34. The number of Topliss-reactive ketones (excluding diaryl/α,β-unsaturated/α-hetero) is 1. The molecule has 0 saturated heterocycles. The van der Waals surface area contributed by atoms with Crippen LogP contribution in [-0.4, -0.2) is 28.1 Å². The molecule has 2 heterocycles. The molecule has 6 heteroatoms. The number of ether oxygens (including phenoxy) is 1. The number of rotatable bonds is 7. The average molecular weight is 414 g/mol. The Morgan fingerprint density at radius 3 is 2.65 bits per heavy atom. The number of allylic oxidation sites excluding steroid dienone is 1. The first-order valence-electron chi connectivity index (χ1n) is 9.92. The molecule has 0 aliphatic carbocycles. The first-order chi connectivity index (χ1) is 15.0. The van der Waals surface area contributed by atoms with Crippen LogP contribution in [0.5, 0.6) is 0 Å². The predicted octanol–water partition coefficient (Wildman–Crippen LogP) is 5.14. The van der Waals surface area contributed by atoms with Crippen molar-refractivity contribution in [1.29, 1.82) is 0 Å². The molecule has 2 aromatic heterocycles. The Hall–Kier alpha value is -3.93.